The highest BCUT2D eigenvalue weighted by atomic mass is 16.8. The molecule has 0 bridgehead atoms. The predicted molar refractivity (Wildman–Crippen MR) is 216 cm³/mol. The number of allylic oxidation sites excluding steroid dienone is 1. The Morgan fingerprint density at radius 1 is 0.667 bits per heavy atom. The minimum absolute atomic E-state index is 0.0192. The number of hydrogen-bond donors (Lipinski definition) is 10. The average Bonchev–Trinajstić information content (AvgIpc) is 3.87. The number of aliphatic hydroxyl groups excluding tert-OH is 10. The van der Waals surface area contributed by atoms with E-state index in [0.717, 1.165) is 44.9 Å². The van der Waals surface area contributed by atoms with E-state index in [-0.39, 0.29) is 29.5 Å². The van der Waals surface area contributed by atoms with Crippen LogP contribution >= 0.6 is 0 Å². The van der Waals surface area contributed by atoms with Gasteiger partial charge in [-0.2, -0.15) is 0 Å². The molecule has 2 unspecified atom stereocenters. The Morgan fingerprint density at radius 3 is 2.02 bits per heavy atom. The van der Waals surface area contributed by atoms with Gasteiger partial charge >= 0.3 is 0 Å². The second-order valence-corrected chi connectivity index (χ2v) is 21.3. The van der Waals surface area contributed by atoms with Crippen molar-refractivity contribution in [3.05, 3.63) is 11.6 Å². The number of ether oxygens (including phenoxy) is 8. The Kier molecular flexibility index (Phi) is 12.9. The second-order valence-electron chi connectivity index (χ2n) is 21.3. The molecule has 8 fully saturated rings. The van der Waals surface area contributed by atoms with E-state index in [2.05, 4.69) is 26.8 Å². The predicted octanol–water partition coefficient (Wildman–Crippen LogP) is -0.671. The summed E-state index contributed by atoms with van der Waals surface area (Å²) in [6.45, 7) is 9.19. The maximum absolute atomic E-state index is 12.0. The Hall–Kier alpha value is -0.980. The van der Waals surface area contributed by atoms with Gasteiger partial charge in [-0.15, -0.1) is 0 Å². The van der Waals surface area contributed by atoms with Gasteiger partial charge in [0.15, 0.2) is 24.7 Å². The van der Waals surface area contributed by atoms with Crippen molar-refractivity contribution in [1.29, 1.82) is 0 Å². The van der Waals surface area contributed by atoms with Crippen LogP contribution in [-0.2, 0) is 37.9 Å². The lowest BCUT2D eigenvalue weighted by molar-refractivity contribution is -0.390. The SMILES string of the molecule is C[C@@H]1O[C@@H](O[C@H]2[C@H](O)[C@@H](O[C@@H]3O[C@H](CO)[C@@H](O)[C@H](O)[C@H]3O)[C@H](O[C@H]3CC[C@@]4(C)C(=CC[C@@H]5C4CC[C@@]4(C)C5C[C@@H]5O[C@]6(CC[C@@](C)(CO)O6)[C@@H](C)[C@@H]54)C3)O[C@@H]2CO)[C@H](O)[C@H](O)[C@H]1O. The first kappa shape index (κ1) is 47.1. The van der Waals surface area contributed by atoms with Crippen molar-refractivity contribution in [2.75, 3.05) is 19.8 Å². The highest BCUT2D eigenvalue weighted by Crippen LogP contribution is 2.71. The Labute approximate surface area is 368 Å². The summed E-state index contributed by atoms with van der Waals surface area (Å²) >= 11 is 0. The largest absolute Gasteiger partial charge is 0.394 e. The third-order valence-corrected chi connectivity index (χ3v) is 17.8. The van der Waals surface area contributed by atoms with Crippen LogP contribution in [0.4, 0.5) is 0 Å². The molecule has 0 aromatic rings. The summed E-state index contributed by atoms with van der Waals surface area (Å²) in [4.78, 5) is 0. The van der Waals surface area contributed by atoms with Crippen LogP contribution in [0, 0.1) is 40.4 Å². The van der Waals surface area contributed by atoms with Gasteiger partial charge in [-0.05, 0) is 99.7 Å². The Morgan fingerprint density at radius 2 is 1.33 bits per heavy atom. The Balaban J connectivity index is 0.920. The van der Waals surface area contributed by atoms with E-state index in [1.807, 2.05) is 6.92 Å². The molecular formula is C45H72O18. The van der Waals surface area contributed by atoms with E-state index >= 15 is 0 Å². The van der Waals surface area contributed by atoms with Gasteiger partial charge < -0.3 is 89.0 Å². The molecule has 360 valence electrons. The average molecular weight is 901 g/mol. The van der Waals surface area contributed by atoms with Crippen LogP contribution in [0.1, 0.15) is 92.4 Å². The third-order valence-electron chi connectivity index (χ3n) is 17.8. The zero-order valence-electron chi connectivity index (χ0n) is 37.0. The fourth-order valence-electron chi connectivity index (χ4n) is 14.2. The van der Waals surface area contributed by atoms with Crippen LogP contribution in [0.3, 0.4) is 0 Å². The van der Waals surface area contributed by atoms with Crippen LogP contribution in [0.15, 0.2) is 11.6 Å². The summed E-state index contributed by atoms with van der Waals surface area (Å²) in [5.41, 5.74) is 0.762. The summed E-state index contributed by atoms with van der Waals surface area (Å²) < 4.78 is 49.9. The minimum Gasteiger partial charge on any atom is -0.394 e. The van der Waals surface area contributed by atoms with Gasteiger partial charge in [0.2, 0.25) is 0 Å². The van der Waals surface area contributed by atoms with Gasteiger partial charge in [0.25, 0.3) is 0 Å². The van der Waals surface area contributed by atoms with Crippen molar-refractivity contribution in [3.63, 3.8) is 0 Å². The molecule has 0 aromatic carbocycles. The van der Waals surface area contributed by atoms with Gasteiger partial charge in [-0.3, -0.25) is 0 Å². The molecule has 0 amide bonds. The molecule has 18 nitrogen and oxygen atoms in total. The molecule has 1 spiro atoms. The first-order valence-electron chi connectivity index (χ1n) is 23.4. The lowest BCUT2D eigenvalue weighted by Crippen LogP contribution is -2.67. The van der Waals surface area contributed by atoms with E-state index in [0.29, 0.717) is 36.5 Å². The van der Waals surface area contributed by atoms with Gasteiger partial charge in [-0.25, -0.2) is 0 Å². The third kappa shape index (κ3) is 7.62. The van der Waals surface area contributed by atoms with Crippen molar-refractivity contribution in [2.45, 2.75) is 208 Å². The maximum Gasteiger partial charge on any atom is 0.187 e. The molecule has 63 heavy (non-hydrogen) atoms. The fraction of sp³-hybridized carbons (Fsp3) is 0.956. The molecule has 0 radical (unpaired) electrons. The number of aliphatic hydroxyl groups is 10. The topological polar surface area (TPSA) is 276 Å². The van der Waals surface area contributed by atoms with Crippen LogP contribution in [-0.4, -0.2) is 187 Å². The molecule has 5 heterocycles. The summed E-state index contributed by atoms with van der Waals surface area (Å²) in [6.07, 6.45) is -13.2. The summed E-state index contributed by atoms with van der Waals surface area (Å²) in [7, 11) is 0. The highest BCUT2D eigenvalue weighted by molar-refractivity contribution is 5.26. The van der Waals surface area contributed by atoms with Crippen LogP contribution in [0.5, 0.6) is 0 Å². The van der Waals surface area contributed by atoms with Crippen molar-refractivity contribution in [1.82, 2.24) is 0 Å². The summed E-state index contributed by atoms with van der Waals surface area (Å²) in [5.74, 6) is 1.43. The molecule has 9 aliphatic rings. The number of fused-ring (bicyclic) bond motifs is 7. The first-order chi connectivity index (χ1) is 29.8. The van der Waals surface area contributed by atoms with Gasteiger partial charge in [0.05, 0.1) is 43.7 Å². The molecule has 4 aliphatic carbocycles. The summed E-state index contributed by atoms with van der Waals surface area (Å²) in [6, 6.07) is 0. The van der Waals surface area contributed by atoms with Crippen molar-refractivity contribution in [3.8, 4) is 0 Å². The minimum atomic E-state index is -1.83. The number of hydrogen-bond acceptors (Lipinski definition) is 18. The highest BCUT2D eigenvalue weighted by Gasteiger charge is 2.70. The maximum atomic E-state index is 12.0. The van der Waals surface area contributed by atoms with Crippen LogP contribution < -0.4 is 0 Å². The number of rotatable bonds is 9. The molecule has 3 saturated carbocycles. The Bertz CT molecular complexity index is 1670. The van der Waals surface area contributed by atoms with Gasteiger partial charge in [0, 0.05) is 12.3 Å². The molecule has 5 saturated heterocycles. The molecule has 5 aliphatic heterocycles. The quantitative estimate of drug-likeness (QED) is 0.129. The van der Waals surface area contributed by atoms with E-state index in [4.69, 9.17) is 37.9 Å². The molecule has 26 atom stereocenters. The van der Waals surface area contributed by atoms with Crippen LogP contribution in [0.25, 0.3) is 0 Å². The van der Waals surface area contributed by atoms with E-state index in [9.17, 15) is 51.1 Å². The summed E-state index contributed by atoms with van der Waals surface area (Å²) in [5, 5.41) is 106. The monoisotopic (exact) mass is 900 g/mol. The van der Waals surface area contributed by atoms with Crippen LogP contribution in [0.2, 0.25) is 0 Å². The fourth-order valence-corrected chi connectivity index (χ4v) is 14.2. The molecule has 9 rings (SSSR count). The first-order valence-corrected chi connectivity index (χ1v) is 23.4. The normalized spacial score (nSPS) is 57.9. The van der Waals surface area contributed by atoms with E-state index < -0.39 is 123 Å². The zero-order chi connectivity index (χ0) is 45.1. The molecule has 0 aromatic heterocycles. The van der Waals surface area contributed by atoms with Crippen molar-refractivity contribution >= 4 is 0 Å². The van der Waals surface area contributed by atoms with Crippen molar-refractivity contribution < 1.29 is 89.0 Å². The lowest BCUT2D eigenvalue weighted by Gasteiger charge is -2.58. The second kappa shape index (κ2) is 17.2. The van der Waals surface area contributed by atoms with Gasteiger partial charge in [0.1, 0.15) is 67.1 Å². The van der Waals surface area contributed by atoms with E-state index in [1.54, 1.807) is 0 Å². The van der Waals surface area contributed by atoms with E-state index in [1.165, 1.54) is 12.5 Å². The van der Waals surface area contributed by atoms with Crippen molar-refractivity contribution in [2.24, 2.45) is 40.4 Å². The molecule has 10 N–H and O–H groups in total. The lowest BCUT2D eigenvalue weighted by atomic mass is 9.47. The molecular weight excluding hydrogens is 828 g/mol. The zero-order valence-corrected chi connectivity index (χ0v) is 37.0. The van der Waals surface area contributed by atoms with Gasteiger partial charge in [-0.1, -0.05) is 32.4 Å². The standard InChI is InChI=1S/C45H72O18/c1-19-29-26(62-45(19)13-12-42(3,18-48)63-45)15-25-23-7-6-21-14-22(8-10-43(21,4)24(23)9-11-44(25,29)5)57-41-38(61-40-35(54)33(52)31(50)27(16-46)58-40)36(55)37(28(17-47)59-41)60-39-34(53)32(51)30(49)20(2)56-39/h6,19-20,22-41,46-55H,7-18H2,1-5H3/t19-,20-,22-,23+,24?,25?,26-,27+,28+,29-,30-,31+,32+,33-,34+,35+,36-,37+,38+,39-,40-,41+,42-,43-,44-,45-/m0/s1. The smallest absolute Gasteiger partial charge is 0.187 e. The molecule has 18 heteroatoms.